The Hall–Kier alpha value is -1.15. The SMILES string of the molecule is CC(=O)N1CCCCC1CCS(=O)(=O)N(C)CCC(=O)O. The molecule has 0 aromatic rings. The van der Waals surface area contributed by atoms with Crippen LogP contribution >= 0.6 is 0 Å². The predicted molar refractivity (Wildman–Crippen MR) is 78.3 cm³/mol. The van der Waals surface area contributed by atoms with Crippen molar-refractivity contribution in [2.45, 2.75) is 45.1 Å². The summed E-state index contributed by atoms with van der Waals surface area (Å²) in [4.78, 5) is 23.8. The maximum atomic E-state index is 12.1. The molecule has 0 aliphatic carbocycles. The second kappa shape index (κ2) is 7.74. The van der Waals surface area contributed by atoms with E-state index in [0.29, 0.717) is 13.0 Å². The first-order chi connectivity index (χ1) is 9.74. The molecule has 0 radical (unpaired) electrons. The summed E-state index contributed by atoms with van der Waals surface area (Å²) in [6, 6.07) is -0.0288. The molecule has 1 N–H and O–H groups in total. The first-order valence-corrected chi connectivity index (χ1v) is 8.78. The van der Waals surface area contributed by atoms with Crippen LogP contribution in [0.4, 0.5) is 0 Å². The number of aliphatic carboxylic acids is 1. The molecule has 1 atom stereocenters. The third kappa shape index (κ3) is 5.62. The lowest BCUT2D eigenvalue weighted by Gasteiger charge is -2.35. The minimum Gasteiger partial charge on any atom is -0.481 e. The molecule has 8 heteroatoms. The van der Waals surface area contributed by atoms with Crippen LogP contribution in [0, 0.1) is 0 Å². The van der Waals surface area contributed by atoms with E-state index >= 15 is 0 Å². The molecule has 0 saturated carbocycles. The Morgan fingerprint density at radius 1 is 1.33 bits per heavy atom. The van der Waals surface area contributed by atoms with Gasteiger partial charge in [-0.25, -0.2) is 12.7 Å². The second-order valence-electron chi connectivity index (χ2n) is 5.43. The summed E-state index contributed by atoms with van der Waals surface area (Å²) in [6.07, 6.45) is 2.98. The maximum absolute atomic E-state index is 12.1. The van der Waals surface area contributed by atoms with Crippen LogP contribution in [0.2, 0.25) is 0 Å². The van der Waals surface area contributed by atoms with Crippen LogP contribution in [-0.2, 0) is 19.6 Å². The van der Waals surface area contributed by atoms with E-state index in [0.717, 1.165) is 23.6 Å². The number of hydrogen-bond donors (Lipinski definition) is 1. The van der Waals surface area contributed by atoms with Crippen molar-refractivity contribution in [3.8, 4) is 0 Å². The average Bonchev–Trinajstić information content (AvgIpc) is 2.42. The van der Waals surface area contributed by atoms with Crippen LogP contribution in [0.3, 0.4) is 0 Å². The summed E-state index contributed by atoms with van der Waals surface area (Å²) in [5.74, 6) is -1.10. The fraction of sp³-hybridized carbons (Fsp3) is 0.846. The Morgan fingerprint density at radius 2 is 2.00 bits per heavy atom. The highest BCUT2D eigenvalue weighted by Gasteiger charge is 2.27. The number of carbonyl (C=O) groups is 2. The van der Waals surface area contributed by atoms with E-state index in [-0.39, 0.29) is 30.7 Å². The van der Waals surface area contributed by atoms with Crippen molar-refractivity contribution in [1.29, 1.82) is 0 Å². The van der Waals surface area contributed by atoms with Crippen molar-refractivity contribution in [1.82, 2.24) is 9.21 Å². The third-order valence-electron chi connectivity index (χ3n) is 3.86. The van der Waals surface area contributed by atoms with Gasteiger partial charge in [0.1, 0.15) is 0 Å². The minimum atomic E-state index is -3.47. The zero-order valence-corrected chi connectivity index (χ0v) is 13.4. The van der Waals surface area contributed by atoms with Gasteiger partial charge in [-0.15, -0.1) is 0 Å². The fourth-order valence-electron chi connectivity index (χ4n) is 2.55. The van der Waals surface area contributed by atoms with Crippen molar-refractivity contribution >= 4 is 21.9 Å². The summed E-state index contributed by atoms with van der Waals surface area (Å²) >= 11 is 0. The standard InChI is InChI=1S/C13H24N2O5S/c1-11(16)15-8-4-3-5-12(15)7-10-21(19,20)14(2)9-6-13(17)18/h12H,3-10H2,1-2H3,(H,17,18). The van der Waals surface area contributed by atoms with Gasteiger partial charge >= 0.3 is 5.97 Å². The fourth-order valence-corrected chi connectivity index (χ4v) is 3.80. The molecule has 21 heavy (non-hydrogen) atoms. The Kier molecular flexibility index (Phi) is 6.60. The molecule has 0 bridgehead atoms. The van der Waals surface area contributed by atoms with E-state index in [4.69, 9.17) is 5.11 Å². The highest BCUT2D eigenvalue weighted by atomic mass is 32.2. The van der Waals surface area contributed by atoms with Crippen LogP contribution in [0.1, 0.15) is 39.0 Å². The van der Waals surface area contributed by atoms with Gasteiger partial charge in [-0.05, 0) is 25.7 Å². The van der Waals surface area contributed by atoms with Crippen LogP contribution in [-0.4, -0.2) is 66.5 Å². The number of hydrogen-bond acceptors (Lipinski definition) is 4. The molecule has 7 nitrogen and oxygen atoms in total. The van der Waals surface area contributed by atoms with Crippen molar-refractivity contribution < 1.29 is 23.1 Å². The smallest absolute Gasteiger partial charge is 0.304 e. The zero-order chi connectivity index (χ0) is 16.0. The number of carboxylic acids is 1. The molecule has 1 amide bonds. The summed E-state index contributed by atoms with van der Waals surface area (Å²) in [5.41, 5.74) is 0. The number of sulfonamides is 1. The zero-order valence-electron chi connectivity index (χ0n) is 12.6. The first-order valence-electron chi connectivity index (χ1n) is 7.17. The van der Waals surface area contributed by atoms with Crippen LogP contribution < -0.4 is 0 Å². The molecule has 1 aliphatic heterocycles. The maximum Gasteiger partial charge on any atom is 0.304 e. The minimum absolute atomic E-state index is 0.0173. The molecular formula is C13H24N2O5S. The normalized spacial score (nSPS) is 19.8. The van der Waals surface area contributed by atoms with E-state index in [1.165, 1.54) is 14.0 Å². The summed E-state index contributed by atoms with van der Waals surface area (Å²) in [7, 11) is -2.08. The van der Waals surface area contributed by atoms with Gasteiger partial charge in [0.25, 0.3) is 0 Å². The number of nitrogens with zero attached hydrogens (tertiary/aromatic N) is 2. The summed E-state index contributed by atoms with van der Waals surface area (Å²) in [5, 5.41) is 8.59. The number of carbonyl (C=O) groups excluding carboxylic acids is 1. The summed E-state index contributed by atoms with van der Waals surface area (Å²) in [6.45, 7) is 2.17. The van der Waals surface area contributed by atoms with Crippen LogP contribution in [0.5, 0.6) is 0 Å². The Morgan fingerprint density at radius 3 is 2.57 bits per heavy atom. The molecule has 1 heterocycles. The lowest BCUT2D eigenvalue weighted by molar-refractivity contribution is -0.137. The van der Waals surface area contributed by atoms with Gasteiger partial charge in [-0.2, -0.15) is 0 Å². The van der Waals surface area contributed by atoms with E-state index in [9.17, 15) is 18.0 Å². The first kappa shape index (κ1) is 17.9. The highest BCUT2D eigenvalue weighted by molar-refractivity contribution is 7.89. The second-order valence-corrected chi connectivity index (χ2v) is 7.63. The highest BCUT2D eigenvalue weighted by Crippen LogP contribution is 2.20. The molecule has 0 spiro atoms. The van der Waals surface area contributed by atoms with Gasteiger partial charge in [-0.3, -0.25) is 9.59 Å². The molecule has 1 aliphatic rings. The van der Waals surface area contributed by atoms with Crippen molar-refractivity contribution in [3.05, 3.63) is 0 Å². The van der Waals surface area contributed by atoms with E-state index in [1.807, 2.05) is 0 Å². The molecule has 0 aromatic carbocycles. The van der Waals surface area contributed by atoms with E-state index in [2.05, 4.69) is 0 Å². The molecule has 1 fully saturated rings. The van der Waals surface area contributed by atoms with Gasteiger partial charge in [0.2, 0.25) is 15.9 Å². The molecule has 122 valence electrons. The molecule has 1 saturated heterocycles. The third-order valence-corrected chi connectivity index (χ3v) is 5.74. The molecule has 0 aromatic heterocycles. The lowest BCUT2D eigenvalue weighted by Crippen LogP contribution is -2.44. The number of carboxylic acid groups (broad SMARTS) is 1. The topological polar surface area (TPSA) is 95.0 Å². The van der Waals surface area contributed by atoms with Crippen LogP contribution in [0.25, 0.3) is 0 Å². The predicted octanol–water partition coefficient (Wildman–Crippen LogP) is 0.514. The van der Waals surface area contributed by atoms with E-state index in [1.54, 1.807) is 4.90 Å². The Bertz CT molecular complexity index is 477. The van der Waals surface area contributed by atoms with E-state index < -0.39 is 16.0 Å². The molecular weight excluding hydrogens is 296 g/mol. The van der Waals surface area contributed by atoms with Crippen LogP contribution in [0.15, 0.2) is 0 Å². The lowest BCUT2D eigenvalue weighted by atomic mass is 10.00. The van der Waals surface area contributed by atoms with Gasteiger partial charge < -0.3 is 10.0 Å². The van der Waals surface area contributed by atoms with Gasteiger partial charge in [-0.1, -0.05) is 0 Å². The number of rotatable bonds is 7. The summed E-state index contributed by atoms with van der Waals surface area (Å²) < 4.78 is 25.3. The largest absolute Gasteiger partial charge is 0.481 e. The molecule has 1 rings (SSSR count). The Balaban J connectivity index is 2.55. The quantitative estimate of drug-likeness (QED) is 0.737. The van der Waals surface area contributed by atoms with Crippen molar-refractivity contribution in [2.75, 3.05) is 25.9 Å². The van der Waals surface area contributed by atoms with Crippen molar-refractivity contribution in [3.63, 3.8) is 0 Å². The molecule has 1 unspecified atom stereocenters. The van der Waals surface area contributed by atoms with Crippen molar-refractivity contribution in [2.24, 2.45) is 0 Å². The number of likely N-dealkylation sites (tertiary alicyclic amines) is 1. The monoisotopic (exact) mass is 320 g/mol. The average molecular weight is 320 g/mol. The van der Waals surface area contributed by atoms with Gasteiger partial charge in [0, 0.05) is 33.1 Å². The number of piperidine rings is 1. The van der Waals surface area contributed by atoms with Gasteiger partial charge in [0.15, 0.2) is 0 Å². The number of amides is 1. The Labute approximate surface area is 126 Å². The van der Waals surface area contributed by atoms with Gasteiger partial charge in [0.05, 0.1) is 12.2 Å².